The number of amides is 2. The maximum Gasteiger partial charge on any atom is 0.416 e. The number of aliphatic hydroxyl groups excluding tert-OH is 1. The van der Waals surface area contributed by atoms with E-state index in [1.165, 1.54) is 6.07 Å². The summed E-state index contributed by atoms with van der Waals surface area (Å²) in [5.74, 6) is -0.471. The Balaban J connectivity index is 0.00000529. The molecule has 1 aromatic heterocycles. The van der Waals surface area contributed by atoms with E-state index >= 15 is 0 Å². The first-order chi connectivity index (χ1) is 20.6. The first kappa shape index (κ1) is 35.1. The van der Waals surface area contributed by atoms with E-state index in [0.29, 0.717) is 36.5 Å². The SMILES string of the molecule is CCCC(CCC)N1CCn2c(C(=O)N[C@@H](Cc3ccccc3)[C@H](O)CNCc3cccc(C(F)(F)F)c3)ccc2C1=O.Cl. The van der Waals surface area contributed by atoms with Crippen LogP contribution in [0.2, 0.25) is 0 Å². The number of carbonyl (C=O) groups is 2. The van der Waals surface area contributed by atoms with Crippen LogP contribution in [0.25, 0.3) is 0 Å². The van der Waals surface area contributed by atoms with Crippen molar-refractivity contribution in [3.05, 3.63) is 94.8 Å². The van der Waals surface area contributed by atoms with Gasteiger partial charge in [-0.3, -0.25) is 9.59 Å². The van der Waals surface area contributed by atoms with Crippen LogP contribution < -0.4 is 10.6 Å². The topological polar surface area (TPSA) is 86.6 Å². The van der Waals surface area contributed by atoms with Gasteiger partial charge >= 0.3 is 6.18 Å². The average Bonchev–Trinajstić information content (AvgIpc) is 3.42. The normalized spacial score (nSPS) is 14.6. The summed E-state index contributed by atoms with van der Waals surface area (Å²) in [5.41, 5.74) is 1.45. The van der Waals surface area contributed by atoms with Gasteiger partial charge in [-0.25, -0.2) is 0 Å². The van der Waals surface area contributed by atoms with Crippen molar-refractivity contribution in [2.75, 3.05) is 13.1 Å². The van der Waals surface area contributed by atoms with Crippen LogP contribution in [-0.2, 0) is 25.7 Å². The highest BCUT2D eigenvalue weighted by Gasteiger charge is 2.33. The second-order valence-corrected chi connectivity index (χ2v) is 11.2. The first-order valence-electron chi connectivity index (χ1n) is 15.0. The van der Waals surface area contributed by atoms with Crippen molar-refractivity contribution in [3.63, 3.8) is 0 Å². The van der Waals surface area contributed by atoms with Crippen molar-refractivity contribution in [2.45, 2.75) is 83.4 Å². The van der Waals surface area contributed by atoms with Gasteiger partial charge in [0.2, 0.25) is 0 Å². The van der Waals surface area contributed by atoms with Crippen LogP contribution in [0.3, 0.4) is 0 Å². The number of hydrogen-bond acceptors (Lipinski definition) is 4. The predicted molar refractivity (Wildman–Crippen MR) is 167 cm³/mol. The van der Waals surface area contributed by atoms with Gasteiger partial charge in [0.1, 0.15) is 11.4 Å². The molecule has 0 bridgehead atoms. The second kappa shape index (κ2) is 16.1. The number of halogens is 4. The van der Waals surface area contributed by atoms with Crippen molar-refractivity contribution < 1.29 is 27.9 Å². The number of rotatable bonds is 14. The fourth-order valence-electron chi connectivity index (χ4n) is 5.78. The summed E-state index contributed by atoms with van der Waals surface area (Å²) in [6, 6.07) is 17.3. The summed E-state index contributed by atoms with van der Waals surface area (Å²) in [5, 5.41) is 17.1. The Hall–Kier alpha value is -3.34. The van der Waals surface area contributed by atoms with E-state index in [4.69, 9.17) is 0 Å². The Morgan fingerprint density at radius 2 is 1.64 bits per heavy atom. The van der Waals surface area contributed by atoms with Crippen LogP contribution in [0, 0.1) is 0 Å². The van der Waals surface area contributed by atoms with Gasteiger partial charge < -0.3 is 25.2 Å². The van der Waals surface area contributed by atoms with Crippen LogP contribution in [0.15, 0.2) is 66.7 Å². The molecule has 44 heavy (non-hydrogen) atoms. The Kier molecular flexibility index (Phi) is 12.9. The number of carbonyl (C=O) groups excluding carboxylic acids is 2. The second-order valence-electron chi connectivity index (χ2n) is 11.2. The molecule has 2 atom stereocenters. The molecule has 240 valence electrons. The van der Waals surface area contributed by atoms with Gasteiger partial charge in [0.05, 0.1) is 17.7 Å². The van der Waals surface area contributed by atoms with Crippen molar-refractivity contribution in [2.24, 2.45) is 0 Å². The summed E-state index contributed by atoms with van der Waals surface area (Å²) < 4.78 is 41.0. The standard InChI is InChI=1S/C33H41F3N4O3.ClH/c1-3-9-26(10-4-2)39-17-18-40-28(15-16-29(40)32(39)43)31(42)38-27(20-23-11-6-5-7-12-23)30(41)22-37-21-24-13-8-14-25(19-24)33(34,35)36;/h5-8,11-16,19,26-27,30,37,41H,3-4,9-10,17-18,20-22H2,1-2H3,(H,38,42);1H/t27-,30+;/m0./s1. The molecular weight excluding hydrogens is 593 g/mol. The molecule has 0 aliphatic carbocycles. The van der Waals surface area contributed by atoms with E-state index < -0.39 is 29.8 Å². The number of benzene rings is 2. The van der Waals surface area contributed by atoms with Gasteiger partial charge in [0, 0.05) is 32.2 Å². The van der Waals surface area contributed by atoms with E-state index in [9.17, 15) is 27.9 Å². The number of nitrogens with zero attached hydrogens (tertiary/aromatic N) is 2. The van der Waals surface area contributed by atoms with Crippen LogP contribution in [-0.4, -0.2) is 57.7 Å². The molecule has 3 N–H and O–H groups in total. The van der Waals surface area contributed by atoms with E-state index in [1.807, 2.05) is 35.2 Å². The van der Waals surface area contributed by atoms with Gasteiger partial charge in [-0.2, -0.15) is 13.2 Å². The maximum absolute atomic E-state index is 13.5. The molecule has 0 radical (unpaired) electrons. The number of aromatic nitrogens is 1. The molecule has 2 aromatic carbocycles. The molecule has 0 unspecified atom stereocenters. The summed E-state index contributed by atoms with van der Waals surface area (Å²) >= 11 is 0. The third-order valence-electron chi connectivity index (χ3n) is 7.96. The summed E-state index contributed by atoms with van der Waals surface area (Å²) in [7, 11) is 0. The molecule has 0 fully saturated rings. The number of alkyl halides is 3. The van der Waals surface area contributed by atoms with Crippen molar-refractivity contribution in [1.29, 1.82) is 0 Å². The van der Waals surface area contributed by atoms with E-state index in [2.05, 4.69) is 24.5 Å². The smallest absolute Gasteiger partial charge is 0.390 e. The van der Waals surface area contributed by atoms with Crippen LogP contribution in [0.4, 0.5) is 13.2 Å². The zero-order chi connectivity index (χ0) is 31.0. The molecule has 11 heteroatoms. The van der Waals surface area contributed by atoms with Gasteiger partial charge in [0.15, 0.2) is 0 Å². The zero-order valence-electron chi connectivity index (χ0n) is 25.1. The highest BCUT2D eigenvalue weighted by molar-refractivity contribution is 5.99. The molecule has 7 nitrogen and oxygen atoms in total. The monoisotopic (exact) mass is 634 g/mol. The lowest BCUT2D eigenvalue weighted by atomic mass is 10.0. The highest BCUT2D eigenvalue weighted by Crippen LogP contribution is 2.29. The largest absolute Gasteiger partial charge is 0.416 e. The highest BCUT2D eigenvalue weighted by atomic mass is 35.5. The molecule has 2 amide bonds. The Bertz CT molecular complexity index is 1360. The average molecular weight is 635 g/mol. The fourth-order valence-corrected chi connectivity index (χ4v) is 5.78. The molecule has 0 spiro atoms. The minimum absolute atomic E-state index is 0. The predicted octanol–water partition coefficient (Wildman–Crippen LogP) is 5.85. The van der Waals surface area contributed by atoms with Crippen LogP contribution >= 0.6 is 12.4 Å². The summed E-state index contributed by atoms with van der Waals surface area (Å²) in [6.07, 6.45) is -1.27. The van der Waals surface area contributed by atoms with Crippen LogP contribution in [0.1, 0.15) is 77.2 Å². The number of aliphatic hydroxyl groups is 1. The molecule has 0 saturated carbocycles. The molecule has 4 rings (SSSR count). The Labute approximate surface area is 263 Å². The molecule has 2 heterocycles. The lowest BCUT2D eigenvalue weighted by Crippen LogP contribution is -2.50. The van der Waals surface area contributed by atoms with Gasteiger partial charge in [-0.1, -0.05) is 75.2 Å². The summed E-state index contributed by atoms with van der Waals surface area (Å²) in [6.45, 7) is 5.43. The Morgan fingerprint density at radius 3 is 2.30 bits per heavy atom. The minimum atomic E-state index is -4.44. The van der Waals surface area contributed by atoms with Gasteiger partial charge in [0.25, 0.3) is 11.8 Å². The van der Waals surface area contributed by atoms with Crippen LogP contribution in [0.5, 0.6) is 0 Å². The van der Waals surface area contributed by atoms with E-state index in [0.717, 1.165) is 43.4 Å². The number of nitrogens with one attached hydrogen (secondary N) is 2. The molecule has 1 aliphatic rings. The molecule has 1 aliphatic heterocycles. The molecule has 3 aromatic rings. The third kappa shape index (κ3) is 8.86. The quantitative estimate of drug-likeness (QED) is 0.208. The number of hydrogen-bond donors (Lipinski definition) is 3. The maximum atomic E-state index is 13.5. The summed E-state index contributed by atoms with van der Waals surface area (Å²) in [4.78, 5) is 28.9. The van der Waals surface area contributed by atoms with Crippen molar-refractivity contribution >= 4 is 24.2 Å². The zero-order valence-corrected chi connectivity index (χ0v) is 26.0. The van der Waals surface area contributed by atoms with Crippen molar-refractivity contribution in [1.82, 2.24) is 20.1 Å². The molecular formula is C33H42ClF3N4O3. The fraction of sp³-hybridized carbons (Fsp3) is 0.455. The van der Waals surface area contributed by atoms with Gasteiger partial charge in [-0.15, -0.1) is 12.4 Å². The molecule has 0 saturated heterocycles. The Morgan fingerprint density at radius 1 is 0.955 bits per heavy atom. The lowest BCUT2D eigenvalue weighted by Gasteiger charge is -2.36. The lowest BCUT2D eigenvalue weighted by molar-refractivity contribution is -0.137. The van der Waals surface area contributed by atoms with E-state index in [1.54, 1.807) is 22.8 Å². The third-order valence-corrected chi connectivity index (χ3v) is 7.96. The number of fused-ring (bicyclic) bond motifs is 1. The van der Waals surface area contributed by atoms with E-state index in [-0.39, 0.29) is 37.4 Å². The first-order valence-corrected chi connectivity index (χ1v) is 15.0. The van der Waals surface area contributed by atoms with Crippen molar-refractivity contribution in [3.8, 4) is 0 Å². The minimum Gasteiger partial charge on any atom is -0.390 e. The van der Waals surface area contributed by atoms with Gasteiger partial charge in [-0.05, 0) is 48.6 Å².